The first-order valence-corrected chi connectivity index (χ1v) is 12.0. The monoisotopic (exact) mass is 490 g/mol. The minimum atomic E-state index is -4.01. The second kappa shape index (κ2) is 10.2. The van der Waals surface area contributed by atoms with E-state index in [1.165, 1.54) is 49.5 Å². The molecule has 1 atom stereocenters. The van der Waals surface area contributed by atoms with Crippen LogP contribution in [0.25, 0.3) is 0 Å². The molecule has 1 N–H and O–H groups in total. The van der Waals surface area contributed by atoms with Gasteiger partial charge in [-0.1, -0.05) is 23.7 Å². The molecule has 0 spiro atoms. The predicted octanol–water partition coefficient (Wildman–Crippen LogP) is 5.19. The fourth-order valence-corrected chi connectivity index (χ4v) is 4.59. The number of rotatable bonds is 8. The van der Waals surface area contributed by atoms with Gasteiger partial charge in [-0.25, -0.2) is 12.8 Å². The van der Waals surface area contributed by atoms with E-state index in [1.54, 1.807) is 0 Å². The Hall–Kier alpha value is -3.10. The molecule has 0 aliphatic carbocycles. The van der Waals surface area contributed by atoms with Crippen LogP contribution in [0.2, 0.25) is 5.02 Å². The molecule has 3 aromatic rings. The first kappa shape index (κ1) is 24.5. The van der Waals surface area contributed by atoms with Crippen LogP contribution in [0.1, 0.15) is 35.8 Å². The average molecular weight is 491 g/mol. The second-order valence-corrected chi connectivity index (χ2v) is 9.66. The number of carbonyl (C=O) groups is 1. The van der Waals surface area contributed by atoms with Crippen LogP contribution in [0.5, 0.6) is 5.75 Å². The lowest BCUT2D eigenvalue weighted by molar-refractivity contribution is 0.0940. The summed E-state index contributed by atoms with van der Waals surface area (Å²) in [4.78, 5) is 12.8. The van der Waals surface area contributed by atoms with Gasteiger partial charge in [-0.2, -0.15) is 0 Å². The molecule has 0 radical (unpaired) electrons. The zero-order valence-corrected chi connectivity index (χ0v) is 20.0. The molecule has 0 bridgehead atoms. The molecule has 1 unspecified atom stereocenters. The topological polar surface area (TPSA) is 75.7 Å². The maximum absolute atomic E-state index is 13.2. The number of hydrogen-bond acceptors (Lipinski definition) is 4. The highest BCUT2D eigenvalue weighted by molar-refractivity contribution is 7.92. The van der Waals surface area contributed by atoms with Crippen molar-refractivity contribution in [1.82, 2.24) is 5.32 Å². The van der Waals surface area contributed by atoms with Crippen molar-refractivity contribution in [1.29, 1.82) is 0 Å². The highest BCUT2D eigenvalue weighted by atomic mass is 35.5. The van der Waals surface area contributed by atoms with Gasteiger partial charge in [-0.3, -0.25) is 9.10 Å². The molecule has 3 aromatic carbocycles. The zero-order valence-electron chi connectivity index (χ0n) is 18.4. The minimum absolute atomic E-state index is 0.0306. The number of nitrogens with zero attached hydrogens (tertiary/aromatic N) is 1. The Bertz CT molecular complexity index is 1230. The zero-order chi connectivity index (χ0) is 24.2. The molecule has 0 saturated carbocycles. The number of carbonyl (C=O) groups excluding carboxylic acids is 1. The summed E-state index contributed by atoms with van der Waals surface area (Å²) >= 11 is 6.21. The number of hydrogen-bond donors (Lipinski definition) is 1. The molecule has 0 aromatic heterocycles. The van der Waals surface area contributed by atoms with E-state index in [0.29, 0.717) is 6.61 Å². The first-order valence-electron chi connectivity index (χ1n) is 10.2. The van der Waals surface area contributed by atoms with E-state index >= 15 is 0 Å². The summed E-state index contributed by atoms with van der Waals surface area (Å²) in [5.41, 5.74) is 1.16. The van der Waals surface area contributed by atoms with Crippen molar-refractivity contribution in [3.63, 3.8) is 0 Å². The molecule has 0 saturated heterocycles. The highest BCUT2D eigenvalue weighted by Crippen LogP contribution is 2.27. The van der Waals surface area contributed by atoms with Crippen LogP contribution in [0, 0.1) is 5.82 Å². The van der Waals surface area contributed by atoms with Gasteiger partial charge in [0.05, 0.1) is 33.8 Å². The summed E-state index contributed by atoms with van der Waals surface area (Å²) in [5.74, 6) is -0.259. The summed E-state index contributed by atoms with van der Waals surface area (Å²) in [6.45, 7) is 4.26. The van der Waals surface area contributed by atoms with E-state index < -0.39 is 21.7 Å². The summed E-state index contributed by atoms with van der Waals surface area (Å²) in [5, 5.41) is 2.96. The number of anilines is 1. The number of benzene rings is 3. The van der Waals surface area contributed by atoms with E-state index in [2.05, 4.69) is 5.32 Å². The Morgan fingerprint density at radius 1 is 1.09 bits per heavy atom. The molecule has 174 valence electrons. The van der Waals surface area contributed by atoms with Crippen molar-refractivity contribution in [2.24, 2.45) is 0 Å². The van der Waals surface area contributed by atoms with Crippen LogP contribution in [0.3, 0.4) is 0 Å². The van der Waals surface area contributed by atoms with Gasteiger partial charge in [0.25, 0.3) is 15.9 Å². The van der Waals surface area contributed by atoms with Crippen LogP contribution in [0.4, 0.5) is 10.1 Å². The van der Waals surface area contributed by atoms with Gasteiger partial charge in [0.15, 0.2) is 0 Å². The summed E-state index contributed by atoms with van der Waals surface area (Å²) in [6, 6.07) is 15.9. The molecular formula is C24H24ClFN2O4S. The van der Waals surface area contributed by atoms with Crippen LogP contribution >= 0.6 is 11.6 Å². The molecule has 0 fully saturated rings. The van der Waals surface area contributed by atoms with Gasteiger partial charge in [0.2, 0.25) is 0 Å². The van der Waals surface area contributed by atoms with Crippen LogP contribution < -0.4 is 14.4 Å². The number of ether oxygens (including phenoxy) is 1. The fraction of sp³-hybridized carbons (Fsp3) is 0.208. The molecule has 0 aliphatic rings. The third kappa shape index (κ3) is 5.64. The molecular weight excluding hydrogens is 467 g/mol. The van der Waals surface area contributed by atoms with Crippen molar-refractivity contribution >= 4 is 33.2 Å². The van der Waals surface area contributed by atoms with Crippen molar-refractivity contribution in [2.45, 2.75) is 24.8 Å². The standard InChI is InChI=1S/C24H24ClFN2O4S/c1-4-32-20-11-5-17(6-12-20)16(2)27-24(29)22-15-21(13-14-23(22)25)33(30,31)28(3)19-9-7-18(26)8-10-19/h5-16H,4H2,1-3H3,(H,27,29). The second-order valence-electron chi connectivity index (χ2n) is 7.29. The Morgan fingerprint density at radius 3 is 2.33 bits per heavy atom. The van der Waals surface area contributed by atoms with Gasteiger partial charge in [0.1, 0.15) is 11.6 Å². The molecule has 1 amide bonds. The smallest absolute Gasteiger partial charge is 0.264 e. The largest absolute Gasteiger partial charge is 0.494 e. The molecule has 33 heavy (non-hydrogen) atoms. The van der Waals surface area contributed by atoms with Crippen molar-refractivity contribution < 1.29 is 22.3 Å². The van der Waals surface area contributed by atoms with Crippen molar-refractivity contribution in [2.75, 3.05) is 18.0 Å². The van der Waals surface area contributed by atoms with Crippen LogP contribution in [-0.2, 0) is 10.0 Å². The van der Waals surface area contributed by atoms with Crippen LogP contribution in [-0.4, -0.2) is 28.0 Å². The molecule has 0 aliphatic heterocycles. The number of halogens is 2. The molecule has 3 rings (SSSR count). The van der Waals surface area contributed by atoms with E-state index in [4.69, 9.17) is 16.3 Å². The van der Waals surface area contributed by atoms with Crippen molar-refractivity contribution in [3.8, 4) is 5.75 Å². The summed E-state index contributed by atoms with van der Waals surface area (Å²) in [7, 11) is -2.66. The van der Waals surface area contributed by atoms with Gasteiger partial charge in [-0.05, 0) is 74.0 Å². The lowest BCUT2D eigenvalue weighted by atomic mass is 10.1. The molecule has 6 nitrogen and oxygen atoms in total. The third-order valence-electron chi connectivity index (χ3n) is 5.07. The normalized spacial score (nSPS) is 12.2. The number of amides is 1. The Balaban J connectivity index is 1.82. The molecule has 9 heteroatoms. The van der Waals surface area contributed by atoms with E-state index in [9.17, 15) is 17.6 Å². The predicted molar refractivity (Wildman–Crippen MR) is 127 cm³/mol. The quantitative estimate of drug-likeness (QED) is 0.471. The van der Waals surface area contributed by atoms with Crippen LogP contribution in [0.15, 0.2) is 71.6 Å². The van der Waals surface area contributed by atoms with Gasteiger partial charge in [-0.15, -0.1) is 0 Å². The maximum Gasteiger partial charge on any atom is 0.264 e. The average Bonchev–Trinajstić information content (AvgIpc) is 2.79. The Labute approximate surface area is 198 Å². The first-order chi connectivity index (χ1) is 15.6. The van der Waals surface area contributed by atoms with E-state index in [1.807, 2.05) is 38.1 Å². The Kier molecular flexibility index (Phi) is 7.61. The SMILES string of the molecule is CCOc1ccc(C(C)NC(=O)c2cc(S(=O)(=O)N(C)c3ccc(F)cc3)ccc2Cl)cc1. The van der Waals surface area contributed by atoms with E-state index in [-0.39, 0.29) is 27.2 Å². The number of nitrogens with one attached hydrogen (secondary N) is 1. The Morgan fingerprint density at radius 2 is 1.73 bits per heavy atom. The number of sulfonamides is 1. The van der Waals surface area contributed by atoms with Gasteiger partial charge < -0.3 is 10.1 Å². The minimum Gasteiger partial charge on any atom is -0.494 e. The van der Waals surface area contributed by atoms with Gasteiger partial charge >= 0.3 is 0 Å². The van der Waals surface area contributed by atoms with E-state index in [0.717, 1.165) is 15.6 Å². The highest BCUT2D eigenvalue weighted by Gasteiger charge is 2.24. The third-order valence-corrected chi connectivity index (χ3v) is 7.18. The lowest BCUT2D eigenvalue weighted by Gasteiger charge is -2.20. The fourth-order valence-electron chi connectivity index (χ4n) is 3.16. The summed E-state index contributed by atoms with van der Waals surface area (Å²) < 4.78 is 45.8. The molecule has 0 heterocycles. The van der Waals surface area contributed by atoms with Crippen molar-refractivity contribution in [3.05, 3.63) is 88.7 Å². The van der Waals surface area contributed by atoms with Gasteiger partial charge in [0, 0.05) is 7.05 Å². The summed E-state index contributed by atoms with van der Waals surface area (Å²) in [6.07, 6.45) is 0. The maximum atomic E-state index is 13.2. The lowest BCUT2D eigenvalue weighted by Crippen LogP contribution is -2.29.